The van der Waals surface area contributed by atoms with Crippen molar-refractivity contribution in [3.8, 4) is 5.75 Å². The summed E-state index contributed by atoms with van der Waals surface area (Å²) in [5, 5.41) is 1.06. The summed E-state index contributed by atoms with van der Waals surface area (Å²) in [5.74, 6) is 0.207. The molecule has 0 amide bonds. The summed E-state index contributed by atoms with van der Waals surface area (Å²) in [5.41, 5.74) is 0. The number of carbonyl (C=O) groups is 1. The summed E-state index contributed by atoms with van der Waals surface area (Å²) in [4.78, 5) is 12.7. The van der Waals surface area contributed by atoms with Gasteiger partial charge in [-0.1, -0.05) is 30.3 Å². The molecule has 0 radical (unpaired) electrons. The minimum absolute atomic E-state index is 0.326. The van der Waals surface area contributed by atoms with Crippen LogP contribution < -0.4 is 4.74 Å². The van der Waals surface area contributed by atoms with Crippen LogP contribution in [0.15, 0.2) is 59.1 Å². The molecule has 0 N–H and O–H groups in total. The van der Waals surface area contributed by atoms with Gasteiger partial charge in [-0.15, -0.1) is 11.3 Å². The Bertz CT molecular complexity index is 715. The molecule has 0 fully saturated rings. The molecule has 2 nitrogen and oxygen atoms in total. The summed E-state index contributed by atoms with van der Waals surface area (Å²) < 4.78 is 7.24. The predicted molar refractivity (Wildman–Crippen MR) is 80.9 cm³/mol. The van der Waals surface area contributed by atoms with E-state index in [4.69, 9.17) is 4.74 Å². The highest BCUT2D eigenvalue weighted by Gasteiger charge is 2.13. The van der Waals surface area contributed by atoms with E-state index in [1.807, 2.05) is 48.5 Å². The molecule has 0 saturated carbocycles. The maximum atomic E-state index is 12.1. The second-order valence-corrected chi connectivity index (χ2v) is 5.91. The largest absolute Gasteiger partial charge is 0.421 e. The lowest BCUT2D eigenvalue weighted by atomic mass is 10.2. The second-order valence-electron chi connectivity index (χ2n) is 3.97. The van der Waals surface area contributed by atoms with Crippen molar-refractivity contribution in [1.82, 2.24) is 0 Å². The number of para-hydroxylation sites is 1. The molecular weight excluding hydrogens is 324 g/mol. The Hall–Kier alpha value is -1.65. The number of hydrogen-bond donors (Lipinski definition) is 0. The highest BCUT2D eigenvalue weighted by Crippen LogP contribution is 2.28. The number of ether oxygens (including phenoxy) is 1. The van der Waals surface area contributed by atoms with Crippen LogP contribution >= 0.6 is 27.3 Å². The van der Waals surface area contributed by atoms with Crippen LogP contribution in [0.4, 0.5) is 0 Å². The van der Waals surface area contributed by atoms with Crippen LogP contribution in [0.3, 0.4) is 0 Å². The van der Waals surface area contributed by atoms with Crippen molar-refractivity contribution in [1.29, 1.82) is 0 Å². The van der Waals surface area contributed by atoms with E-state index in [9.17, 15) is 4.79 Å². The van der Waals surface area contributed by atoms with Crippen LogP contribution in [0.2, 0.25) is 0 Å². The van der Waals surface area contributed by atoms with Crippen molar-refractivity contribution < 1.29 is 9.53 Å². The Morgan fingerprint density at radius 2 is 1.79 bits per heavy atom. The summed E-state index contributed by atoms with van der Waals surface area (Å²) in [6, 6.07) is 17.1. The van der Waals surface area contributed by atoms with Gasteiger partial charge in [-0.25, -0.2) is 4.79 Å². The fourth-order valence-corrected chi connectivity index (χ4v) is 3.07. The van der Waals surface area contributed by atoms with E-state index in [2.05, 4.69) is 15.9 Å². The average molecular weight is 333 g/mol. The van der Waals surface area contributed by atoms with E-state index < -0.39 is 0 Å². The first-order valence-electron chi connectivity index (χ1n) is 5.69. The van der Waals surface area contributed by atoms with Gasteiger partial charge in [0.25, 0.3) is 0 Å². The van der Waals surface area contributed by atoms with E-state index in [-0.39, 0.29) is 5.97 Å². The fourth-order valence-electron chi connectivity index (χ4n) is 1.76. The van der Waals surface area contributed by atoms with Gasteiger partial charge in [-0.05, 0) is 45.6 Å². The maximum absolute atomic E-state index is 12.1. The van der Waals surface area contributed by atoms with E-state index in [1.165, 1.54) is 11.3 Å². The molecule has 0 spiro atoms. The van der Waals surface area contributed by atoms with Crippen molar-refractivity contribution in [3.63, 3.8) is 0 Å². The van der Waals surface area contributed by atoms with E-state index in [1.54, 1.807) is 6.07 Å². The molecule has 0 bridgehead atoms. The Morgan fingerprint density at radius 1 is 1.05 bits per heavy atom. The summed E-state index contributed by atoms with van der Waals surface area (Å²) in [6.07, 6.45) is 0. The molecule has 1 heterocycles. The topological polar surface area (TPSA) is 26.3 Å². The highest BCUT2D eigenvalue weighted by molar-refractivity contribution is 9.10. The number of carbonyl (C=O) groups excluding carboxylic acids is 1. The standard InChI is InChI=1S/C15H9BrO2S/c16-11-6-2-3-7-12(11)18-15(17)14-9-10-5-1-4-8-13(10)19-14/h1-9H. The zero-order valence-electron chi connectivity index (χ0n) is 9.80. The summed E-state index contributed by atoms with van der Waals surface area (Å²) >= 11 is 4.80. The monoisotopic (exact) mass is 332 g/mol. The Kier molecular flexibility index (Phi) is 3.36. The Balaban J connectivity index is 1.90. The van der Waals surface area contributed by atoms with Gasteiger partial charge in [0, 0.05) is 4.70 Å². The van der Waals surface area contributed by atoms with Crippen LogP contribution in [-0.4, -0.2) is 5.97 Å². The minimum atomic E-state index is -0.326. The van der Waals surface area contributed by atoms with Crippen LogP contribution in [0.5, 0.6) is 5.75 Å². The van der Waals surface area contributed by atoms with Crippen molar-refractivity contribution in [2.24, 2.45) is 0 Å². The molecular formula is C15H9BrO2S. The molecule has 3 aromatic rings. The van der Waals surface area contributed by atoms with E-state index in [0.717, 1.165) is 14.6 Å². The molecule has 0 unspecified atom stereocenters. The number of fused-ring (bicyclic) bond motifs is 1. The molecule has 1 aromatic heterocycles. The van der Waals surface area contributed by atoms with Crippen molar-refractivity contribution >= 4 is 43.3 Å². The quantitative estimate of drug-likeness (QED) is 0.493. The van der Waals surface area contributed by atoms with Crippen LogP contribution in [0.25, 0.3) is 10.1 Å². The van der Waals surface area contributed by atoms with E-state index in [0.29, 0.717) is 10.6 Å². The van der Waals surface area contributed by atoms with Gasteiger partial charge in [0.1, 0.15) is 10.6 Å². The molecule has 0 saturated heterocycles. The lowest BCUT2D eigenvalue weighted by Crippen LogP contribution is -2.06. The third-order valence-electron chi connectivity index (χ3n) is 2.67. The normalized spacial score (nSPS) is 10.6. The van der Waals surface area contributed by atoms with Crippen molar-refractivity contribution in [2.45, 2.75) is 0 Å². The van der Waals surface area contributed by atoms with Gasteiger partial charge in [0.15, 0.2) is 0 Å². The lowest BCUT2D eigenvalue weighted by Gasteiger charge is -2.03. The van der Waals surface area contributed by atoms with Gasteiger partial charge in [0.05, 0.1) is 4.47 Å². The number of thiophene rings is 1. The molecule has 94 valence electrons. The van der Waals surface area contributed by atoms with Gasteiger partial charge in [-0.3, -0.25) is 0 Å². The molecule has 2 aromatic carbocycles. The second kappa shape index (κ2) is 5.15. The SMILES string of the molecule is O=C(Oc1ccccc1Br)c1cc2ccccc2s1. The van der Waals surface area contributed by atoms with Crippen LogP contribution in [0.1, 0.15) is 9.67 Å². The molecule has 0 aliphatic heterocycles. The first-order chi connectivity index (χ1) is 9.24. The molecule has 0 aliphatic carbocycles. The smallest absolute Gasteiger partial charge is 0.353 e. The minimum Gasteiger partial charge on any atom is -0.421 e. The third-order valence-corrected chi connectivity index (χ3v) is 4.42. The summed E-state index contributed by atoms with van der Waals surface area (Å²) in [6.45, 7) is 0. The maximum Gasteiger partial charge on any atom is 0.353 e. The first-order valence-corrected chi connectivity index (χ1v) is 7.30. The lowest BCUT2D eigenvalue weighted by molar-refractivity contribution is 0.0738. The Morgan fingerprint density at radius 3 is 2.58 bits per heavy atom. The Labute approximate surface area is 122 Å². The number of halogens is 1. The predicted octanol–water partition coefficient (Wildman–Crippen LogP) is 4.88. The number of benzene rings is 2. The molecule has 0 aliphatic rings. The number of hydrogen-bond acceptors (Lipinski definition) is 3. The molecule has 4 heteroatoms. The average Bonchev–Trinajstić information content (AvgIpc) is 2.85. The van der Waals surface area contributed by atoms with Crippen molar-refractivity contribution in [2.75, 3.05) is 0 Å². The first kappa shape index (κ1) is 12.4. The van der Waals surface area contributed by atoms with Gasteiger partial charge in [-0.2, -0.15) is 0 Å². The van der Waals surface area contributed by atoms with Crippen LogP contribution in [0, 0.1) is 0 Å². The molecule has 19 heavy (non-hydrogen) atoms. The highest BCUT2D eigenvalue weighted by atomic mass is 79.9. The third kappa shape index (κ3) is 2.55. The van der Waals surface area contributed by atoms with Gasteiger partial charge in [0.2, 0.25) is 0 Å². The van der Waals surface area contributed by atoms with Gasteiger partial charge >= 0.3 is 5.97 Å². The zero-order valence-corrected chi connectivity index (χ0v) is 12.2. The number of esters is 1. The summed E-state index contributed by atoms with van der Waals surface area (Å²) in [7, 11) is 0. The number of rotatable bonds is 2. The zero-order chi connectivity index (χ0) is 13.2. The fraction of sp³-hybridized carbons (Fsp3) is 0. The van der Waals surface area contributed by atoms with Gasteiger partial charge < -0.3 is 4.74 Å². The molecule has 0 atom stereocenters. The van der Waals surface area contributed by atoms with E-state index >= 15 is 0 Å². The molecule has 3 rings (SSSR count). The van der Waals surface area contributed by atoms with Crippen LogP contribution in [-0.2, 0) is 0 Å². The van der Waals surface area contributed by atoms with Crippen molar-refractivity contribution in [3.05, 3.63) is 63.9 Å².